The molecule has 0 bridgehead atoms. The Hall–Kier alpha value is -3.39. The molecule has 2 amide bonds. The Morgan fingerprint density at radius 3 is 1.94 bits per heavy atom. The number of carbonyl (C=O) groups is 3. The van der Waals surface area contributed by atoms with Gasteiger partial charge in [-0.2, -0.15) is 0 Å². The molecule has 0 unspecified atom stereocenters. The van der Waals surface area contributed by atoms with Gasteiger partial charge in [0.1, 0.15) is 24.3 Å². The van der Waals surface area contributed by atoms with Crippen molar-refractivity contribution in [2.45, 2.75) is 58.6 Å². The third-order valence-electron chi connectivity index (χ3n) is 4.34. The summed E-state index contributed by atoms with van der Waals surface area (Å²) in [7, 11) is 0. The van der Waals surface area contributed by atoms with Crippen molar-refractivity contribution in [2.75, 3.05) is 6.61 Å². The van der Waals surface area contributed by atoms with Gasteiger partial charge in [-0.25, -0.2) is 9.59 Å². The normalized spacial score (nSPS) is 12.8. The van der Waals surface area contributed by atoms with Gasteiger partial charge in [-0.05, 0) is 38.8 Å². The number of benzene rings is 2. The number of hydrogen-bond donors (Lipinski definition) is 2. The fraction of sp³-hybridized carbons (Fsp3) is 0.400. The Morgan fingerprint density at radius 1 is 0.848 bits per heavy atom. The van der Waals surface area contributed by atoms with Crippen molar-refractivity contribution in [3.05, 3.63) is 71.8 Å². The molecule has 2 aromatic carbocycles. The molecule has 33 heavy (non-hydrogen) atoms. The Balaban J connectivity index is 1.93. The zero-order valence-electron chi connectivity index (χ0n) is 19.5. The average Bonchev–Trinajstić information content (AvgIpc) is 2.76. The topological polar surface area (TPSA) is 103 Å². The Labute approximate surface area is 194 Å². The maximum atomic E-state index is 12.8. The predicted molar refractivity (Wildman–Crippen MR) is 123 cm³/mol. The third-order valence-corrected chi connectivity index (χ3v) is 4.34. The number of carbonyl (C=O) groups excluding carboxylic acids is 3. The first-order valence-corrected chi connectivity index (χ1v) is 10.8. The van der Waals surface area contributed by atoms with Crippen molar-refractivity contribution < 1.29 is 28.6 Å². The summed E-state index contributed by atoms with van der Waals surface area (Å²) in [5.74, 6) is -1.17. The van der Waals surface area contributed by atoms with Crippen molar-refractivity contribution in [3.8, 4) is 0 Å². The van der Waals surface area contributed by atoms with E-state index < -0.39 is 35.7 Å². The lowest BCUT2D eigenvalue weighted by molar-refractivity contribution is -0.149. The fourth-order valence-electron chi connectivity index (χ4n) is 2.73. The van der Waals surface area contributed by atoms with Crippen molar-refractivity contribution in [2.24, 2.45) is 0 Å². The van der Waals surface area contributed by atoms with E-state index >= 15 is 0 Å². The van der Waals surface area contributed by atoms with Crippen LogP contribution in [-0.4, -0.2) is 42.3 Å². The van der Waals surface area contributed by atoms with E-state index in [9.17, 15) is 14.4 Å². The molecule has 0 spiro atoms. The van der Waals surface area contributed by atoms with Crippen LogP contribution in [0.5, 0.6) is 0 Å². The molecule has 0 fully saturated rings. The van der Waals surface area contributed by atoms with Gasteiger partial charge in [0.25, 0.3) is 0 Å². The van der Waals surface area contributed by atoms with Crippen LogP contribution < -0.4 is 10.6 Å². The molecule has 8 nitrogen and oxygen atoms in total. The molecular formula is C25H32N2O6. The minimum atomic E-state index is -1.06. The molecule has 0 aliphatic rings. The summed E-state index contributed by atoms with van der Waals surface area (Å²) >= 11 is 0. The van der Waals surface area contributed by atoms with Crippen LogP contribution in [0.4, 0.5) is 4.79 Å². The zero-order chi connectivity index (χ0) is 24.3. The first-order valence-electron chi connectivity index (χ1n) is 10.8. The molecule has 2 rings (SSSR count). The number of ether oxygens (including phenoxy) is 3. The highest BCUT2D eigenvalue weighted by atomic mass is 16.6. The predicted octanol–water partition coefficient (Wildman–Crippen LogP) is 3.34. The molecular weight excluding hydrogens is 424 g/mol. The van der Waals surface area contributed by atoms with E-state index in [4.69, 9.17) is 14.2 Å². The minimum absolute atomic E-state index is 0.0969. The van der Waals surface area contributed by atoms with Gasteiger partial charge in [0.15, 0.2) is 0 Å². The van der Waals surface area contributed by atoms with Gasteiger partial charge in [-0.3, -0.25) is 4.79 Å². The van der Waals surface area contributed by atoms with Gasteiger partial charge in [0.2, 0.25) is 5.91 Å². The number of esters is 1. The highest BCUT2D eigenvalue weighted by Gasteiger charge is 2.27. The SMILES string of the molecule is C[C@@H](NC(=O)[C@@H](COCc1ccccc1)NC(=O)OC(C)(C)C)C(=O)OCc1ccccc1. The lowest BCUT2D eigenvalue weighted by Gasteiger charge is -2.24. The molecule has 0 aromatic heterocycles. The van der Waals surface area contributed by atoms with Crippen LogP contribution in [0, 0.1) is 0 Å². The summed E-state index contributed by atoms with van der Waals surface area (Å²) < 4.78 is 16.1. The van der Waals surface area contributed by atoms with E-state index in [2.05, 4.69) is 10.6 Å². The van der Waals surface area contributed by atoms with Gasteiger partial charge >= 0.3 is 12.1 Å². The summed E-state index contributed by atoms with van der Waals surface area (Å²) in [6.45, 7) is 6.93. The molecule has 0 heterocycles. The summed E-state index contributed by atoms with van der Waals surface area (Å²) in [5, 5.41) is 5.08. The van der Waals surface area contributed by atoms with Gasteiger partial charge in [0, 0.05) is 0 Å². The zero-order valence-corrected chi connectivity index (χ0v) is 19.5. The van der Waals surface area contributed by atoms with Gasteiger partial charge in [-0.15, -0.1) is 0 Å². The number of nitrogens with one attached hydrogen (secondary N) is 2. The van der Waals surface area contributed by atoms with E-state index in [0.717, 1.165) is 11.1 Å². The number of amides is 2. The first-order chi connectivity index (χ1) is 15.6. The average molecular weight is 457 g/mol. The summed E-state index contributed by atoms with van der Waals surface area (Å²) in [6, 6.07) is 16.7. The van der Waals surface area contributed by atoms with Gasteiger partial charge in [-0.1, -0.05) is 60.7 Å². The maximum absolute atomic E-state index is 12.8. The van der Waals surface area contributed by atoms with E-state index in [1.807, 2.05) is 60.7 Å². The quantitative estimate of drug-likeness (QED) is 0.532. The lowest BCUT2D eigenvalue weighted by atomic mass is 10.2. The van der Waals surface area contributed by atoms with Crippen LogP contribution in [0.15, 0.2) is 60.7 Å². The Kier molecular flexibility index (Phi) is 9.87. The van der Waals surface area contributed by atoms with Crippen LogP contribution in [0.2, 0.25) is 0 Å². The second-order valence-corrected chi connectivity index (χ2v) is 8.52. The third kappa shape index (κ3) is 10.2. The maximum Gasteiger partial charge on any atom is 0.408 e. The molecule has 0 aliphatic heterocycles. The summed E-state index contributed by atoms with van der Waals surface area (Å²) in [4.78, 5) is 37.3. The van der Waals surface area contributed by atoms with E-state index in [1.165, 1.54) is 6.92 Å². The summed E-state index contributed by atoms with van der Waals surface area (Å²) in [6.07, 6.45) is -0.759. The standard InChI is InChI=1S/C25H32N2O6/c1-18(23(29)32-16-20-13-9-6-10-14-20)26-22(28)21(27-24(30)33-25(2,3)4)17-31-15-19-11-7-5-8-12-19/h5-14,18,21H,15-17H2,1-4H3,(H,26,28)(H,27,30)/t18-,21-/m1/s1. The number of alkyl carbamates (subject to hydrolysis) is 1. The highest BCUT2D eigenvalue weighted by Crippen LogP contribution is 2.08. The molecule has 2 atom stereocenters. The Morgan fingerprint density at radius 2 is 1.39 bits per heavy atom. The van der Waals surface area contributed by atoms with Crippen molar-refractivity contribution in [1.29, 1.82) is 0 Å². The van der Waals surface area contributed by atoms with Gasteiger partial charge in [0.05, 0.1) is 13.2 Å². The van der Waals surface area contributed by atoms with E-state index in [0.29, 0.717) is 0 Å². The fourth-order valence-corrected chi connectivity index (χ4v) is 2.73. The molecule has 2 aromatic rings. The Bertz CT molecular complexity index is 896. The van der Waals surface area contributed by atoms with Crippen LogP contribution in [0.1, 0.15) is 38.8 Å². The van der Waals surface area contributed by atoms with Crippen molar-refractivity contribution >= 4 is 18.0 Å². The van der Waals surface area contributed by atoms with E-state index in [-0.39, 0.29) is 19.8 Å². The largest absolute Gasteiger partial charge is 0.459 e. The smallest absolute Gasteiger partial charge is 0.408 e. The molecule has 0 saturated heterocycles. The van der Waals surface area contributed by atoms with Crippen molar-refractivity contribution in [1.82, 2.24) is 10.6 Å². The minimum Gasteiger partial charge on any atom is -0.459 e. The summed E-state index contributed by atoms with van der Waals surface area (Å²) in [5.41, 5.74) is 1.03. The monoisotopic (exact) mass is 456 g/mol. The lowest BCUT2D eigenvalue weighted by Crippen LogP contribution is -2.53. The molecule has 178 valence electrons. The molecule has 0 radical (unpaired) electrons. The molecule has 2 N–H and O–H groups in total. The van der Waals surface area contributed by atoms with Crippen LogP contribution in [0.25, 0.3) is 0 Å². The van der Waals surface area contributed by atoms with Crippen molar-refractivity contribution in [3.63, 3.8) is 0 Å². The van der Waals surface area contributed by atoms with Crippen LogP contribution in [-0.2, 0) is 37.0 Å². The van der Waals surface area contributed by atoms with Crippen LogP contribution >= 0.6 is 0 Å². The number of hydrogen-bond acceptors (Lipinski definition) is 6. The van der Waals surface area contributed by atoms with Crippen LogP contribution in [0.3, 0.4) is 0 Å². The molecule has 0 saturated carbocycles. The van der Waals surface area contributed by atoms with Gasteiger partial charge < -0.3 is 24.8 Å². The second kappa shape index (κ2) is 12.6. The molecule has 8 heteroatoms. The van der Waals surface area contributed by atoms with E-state index in [1.54, 1.807) is 20.8 Å². The first kappa shape index (κ1) is 25.9. The molecule has 0 aliphatic carbocycles. The second-order valence-electron chi connectivity index (χ2n) is 8.52. The number of rotatable bonds is 10. The highest BCUT2D eigenvalue weighted by molar-refractivity contribution is 5.89.